The molecule has 0 bridgehead atoms. The molecule has 0 unspecified atom stereocenters. The highest BCUT2D eigenvalue weighted by Crippen LogP contribution is 2.64. The number of benzene rings is 2. The molecule has 2 nitrogen and oxygen atoms in total. The Kier molecular flexibility index (Phi) is 4.98. The molecule has 3 aliphatic carbocycles. The third kappa shape index (κ3) is 3.22. The van der Waals surface area contributed by atoms with Crippen LogP contribution in [0.3, 0.4) is 0 Å². The maximum Gasteiger partial charge on any atom is 0.130 e. The van der Waals surface area contributed by atoms with Crippen LogP contribution in [0.4, 0.5) is 0 Å². The Bertz CT molecular complexity index is 1050. The van der Waals surface area contributed by atoms with Gasteiger partial charge in [0.2, 0.25) is 0 Å². The van der Waals surface area contributed by atoms with Crippen molar-refractivity contribution in [2.45, 2.75) is 63.4 Å². The van der Waals surface area contributed by atoms with Crippen molar-refractivity contribution in [1.29, 1.82) is 0 Å². The summed E-state index contributed by atoms with van der Waals surface area (Å²) in [4.78, 5) is 0. The van der Waals surface area contributed by atoms with E-state index in [1.807, 2.05) is 24.3 Å². The largest absolute Gasteiger partial charge is 0.508 e. The molecule has 2 fully saturated rings. The zero-order valence-electron chi connectivity index (χ0n) is 18.3. The van der Waals surface area contributed by atoms with Crippen LogP contribution in [0.5, 0.6) is 5.75 Å². The summed E-state index contributed by atoms with van der Waals surface area (Å²) < 4.78 is 0. The van der Waals surface area contributed by atoms with Gasteiger partial charge in [-0.2, -0.15) is 0 Å². The molecular formula is C29H32O2. The second-order valence-electron chi connectivity index (χ2n) is 10.1. The van der Waals surface area contributed by atoms with E-state index in [4.69, 9.17) is 6.42 Å². The summed E-state index contributed by atoms with van der Waals surface area (Å²) in [7, 11) is 0. The van der Waals surface area contributed by atoms with Crippen molar-refractivity contribution in [1.82, 2.24) is 0 Å². The van der Waals surface area contributed by atoms with E-state index in [-0.39, 0.29) is 5.41 Å². The molecule has 2 aromatic carbocycles. The minimum Gasteiger partial charge on any atom is -0.508 e. The fourth-order valence-electron chi connectivity index (χ4n) is 6.96. The molecule has 0 amide bonds. The number of aliphatic hydroxyl groups is 1. The van der Waals surface area contributed by atoms with Gasteiger partial charge in [-0.05, 0) is 91.0 Å². The zero-order chi connectivity index (χ0) is 21.6. The first-order chi connectivity index (χ1) is 14.9. The van der Waals surface area contributed by atoms with Gasteiger partial charge >= 0.3 is 0 Å². The van der Waals surface area contributed by atoms with E-state index in [0.29, 0.717) is 23.5 Å². The summed E-state index contributed by atoms with van der Waals surface area (Å²) in [6.45, 7) is 2.23. The lowest BCUT2D eigenvalue weighted by molar-refractivity contribution is -0.0647. The molecule has 0 spiro atoms. The third-order valence-electron chi connectivity index (χ3n) is 8.76. The van der Waals surface area contributed by atoms with Crippen LogP contribution >= 0.6 is 0 Å². The monoisotopic (exact) mass is 412 g/mol. The number of phenolic OH excluding ortho intramolecular Hbond substituents is 1. The van der Waals surface area contributed by atoms with Crippen LogP contribution in [0.1, 0.15) is 67.2 Å². The average molecular weight is 413 g/mol. The molecule has 2 N–H and O–H groups in total. The van der Waals surface area contributed by atoms with Crippen molar-refractivity contribution in [3.8, 4) is 18.1 Å². The van der Waals surface area contributed by atoms with E-state index in [9.17, 15) is 10.2 Å². The summed E-state index contributed by atoms with van der Waals surface area (Å²) in [5.74, 6) is 4.75. The van der Waals surface area contributed by atoms with E-state index < -0.39 is 5.60 Å². The summed E-state index contributed by atoms with van der Waals surface area (Å²) in [5.41, 5.74) is 3.79. The first-order valence-corrected chi connectivity index (χ1v) is 11.7. The normalized spacial score (nSPS) is 34.0. The lowest BCUT2D eigenvalue weighted by Crippen LogP contribution is -2.50. The predicted molar refractivity (Wildman–Crippen MR) is 126 cm³/mol. The Morgan fingerprint density at radius 3 is 2.71 bits per heavy atom. The van der Waals surface area contributed by atoms with Gasteiger partial charge in [0.1, 0.15) is 11.4 Å². The lowest BCUT2D eigenvalue weighted by Gasteiger charge is -2.52. The third-order valence-corrected chi connectivity index (χ3v) is 8.76. The molecule has 2 saturated carbocycles. The molecule has 0 heterocycles. The van der Waals surface area contributed by atoms with E-state index in [1.54, 1.807) is 0 Å². The van der Waals surface area contributed by atoms with Crippen LogP contribution in [0, 0.1) is 29.6 Å². The highest BCUT2D eigenvalue weighted by atomic mass is 16.3. The fourth-order valence-corrected chi connectivity index (χ4v) is 6.96. The maximum atomic E-state index is 11.1. The number of allylic oxidation sites excluding steroid dienone is 1. The molecule has 0 aliphatic heterocycles. The predicted octanol–water partition coefficient (Wildman–Crippen LogP) is 5.87. The maximum absolute atomic E-state index is 11.1. The van der Waals surface area contributed by atoms with Crippen LogP contribution in [-0.4, -0.2) is 15.8 Å². The van der Waals surface area contributed by atoms with Gasteiger partial charge in [-0.3, -0.25) is 0 Å². The number of aryl methyl sites for hydroxylation is 1. The number of terminal acetylenes is 1. The van der Waals surface area contributed by atoms with Crippen LogP contribution in [-0.2, 0) is 12.8 Å². The standard InChI is InChI=1S/C29H32O2/c1-3-29(31)17-15-26-24-13-12-21-19-27(30)22(11-7-10-20-8-5-4-6-9-20)18-25(21)23(24)14-16-28(26,29)2/h1,4-10,18-19,23-24,26,30-31H,11-17H2,2H3/b10-7+/t23-,24+,26-,28-,29-/m0/s1. The van der Waals surface area contributed by atoms with Crippen LogP contribution in [0.25, 0.3) is 6.08 Å². The summed E-state index contributed by atoms with van der Waals surface area (Å²) in [6, 6.07) is 14.6. The van der Waals surface area contributed by atoms with Crippen LogP contribution < -0.4 is 0 Å². The number of phenols is 1. The number of hydrogen-bond acceptors (Lipinski definition) is 2. The second-order valence-corrected chi connectivity index (χ2v) is 10.1. The number of aromatic hydroxyl groups is 1. The van der Waals surface area contributed by atoms with E-state index in [0.717, 1.165) is 50.5 Å². The van der Waals surface area contributed by atoms with Gasteiger partial charge in [0.05, 0.1) is 0 Å². The topological polar surface area (TPSA) is 40.5 Å². The summed E-state index contributed by atoms with van der Waals surface area (Å²) in [6.07, 6.45) is 16.7. The molecule has 160 valence electrons. The molecule has 31 heavy (non-hydrogen) atoms. The second kappa shape index (κ2) is 7.57. The molecule has 2 aromatic rings. The molecular weight excluding hydrogens is 380 g/mol. The van der Waals surface area contributed by atoms with Gasteiger partial charge in [-0.25, -0.2) is 0 Å². The minimum atomic E-state index is -0.953. The van der Waals surface area contributed by atoms with Gasteiger partial charge in [-0.15, -0.1) is 6.42 Å². The Balaban J connectivity index is 1.41. The molecule has 3 aliphatic rings. The first-order valence-electron chi connectivity index (χ1n) is 11.7. The Morgan fingerprint density at radius 2 is 1.94 bits per heavy atom. The van der Waals surface area contributed by atoms with E-state index in [1.165, 1.54) is 16.7 Å². The SMILES string of the molecule is C#C[C@]1(O)CC[C@H]2[C@@H]3CCc4cc(O)c(C/C=C/c5ccccc5)cc4[C@H]3CC[C@@]21C. The van der Waals surface area contributed by atoms with Gasteiger partial charge in [0.25, 0.3) is 0 Å². The average Bonchev–Trinajstić information content (AvgIpc) is 3.06. The Morgan fingerprint density at radius 1 is 1.13 bits per heavy atom. The van der Waals surface area contributed by atoms with Gasteiger partial charge in [-0.1, -0.05) is 61.4 Å². The van der Waals surface area contributed by atoms with Gasteiger partial charge in [0, 0.05) is 5.41 Å². The van der Waals surface area contributed by atoms with Crippen molar-refractivity contribution in [2.24, 2.45) is 17.3 Å². The molecule has 0 aromatic heterocycles. The molecule has 0 saturated heterocycles. The molecule has 5 rings (SSSR count). The fraction of sp³-hybridized carbons (Fsp3) is 0.448. The quantitative estimate of drug-likeness (QED) is 0.619. The summed E-state index contributed by atoms with van der Waals surface area (Å²) >= 11 is 0. The number of rotatable bonds is 3. The highest BCUT2D eigenvalue weighted by molar-refractivity contribution is 5.51. The minimum absolute atomic E-state index is 0.168. The first kappa shape index (κ1) is 20.4. The smallest absolute Gasteiger partial charge is 0.130 e. The van der Waals surface area contributed by atoms with Crippen molar-refractivity contribution in [3.05, 3.63) is 70.8 Å². The van der Waals surface area contributed by atoms with E-state index in [2.05, 4.69) is 43.2 Å². The van der Waals surface area contributed by atoms with E-state index >= 15 is 0 Å². The zero-order valence-corrected chi connectivity index (χ0v) is 18.3. The Labute approximate surface area is 186 Å². The van der Waals surface area contributed by atoms with Crippen molar-refractivity contribution in [3.63, 3.8) is 0 Å². The highest BCUT2D eigenvalue weighted by Gasteiger charge is 2.61. The number of fused-ring (bicyclic) bond motifs is 5. The molecule has 2 heteroatoms. The van der Waals surface area contributed by atoms with Crippen molar-refractivity contribution >= 4 is 6.08 Å². The molecule has 5 atom stereocenters. The summed E-state index contributed by atoms with van der Waals surface area (Å²) in [5, 5.41) is 21.8. The van der Waals surface area contributed by atoms with Gasteiger partial charge in [0.15, 0.2) is 0 Å². The van der Waals surface area contributed by atoms with Crippen molar-refractivity contribution in [2.75, 3.05) is 0 Å². The Hall–Kier alpha value is -2.50. The lowest BCUT2D eigenvalue weighted by atomic mass is 9.53. The van der Waals surface area contributed by atoms with Crippen LogP contribution in [0.15, 0.2) is 48.5 Å². The van der Waals surface area contributed by atoms with Crippen molar-refractivity contribution < 1.29 is 10.2 Å². The van der Waals surface area contributed by atoms with Crippen LogP contribution in [0.2, 0.25) is 0 Å². The number of hydrogen-bond donors (Lipinski definition) is 2. The molecule has 0 radical (unpaired) electrons. The van der Waals surface area contributed by atoms with Gasteiger partial charge < -0.3 is 10.2 Å².